The smallest absolute Gasteiger partial charge is 0.0246 e. The van der Waals surface area contributed by atoms with Crippen LogP contribution < -0.4 is 10.6 Å². The number of hydrogen-bond acceptors (Lipinski definition) is 2. The van der Waals surface area contributed by atoms with E-state index in [9.17, 15) is 0 Å². The molecule has 0 amide bonds. The average molecular weight is 228 g/mol. The van der Waals surface area contributed by atoms with Crippen molar-refractivity contribution in [1.29, 1.82) is 0 Å². The van der Waals surface area contributed by atoms with Gasteiger partial charge in [-0.2, -0.15) is 0 Å². The molecule has 0 aromatic carbocycles. The van der Waals surface area contributed by atoms with Crippen LogP contribution in [0, 0.1) is 5.92 Å². The van der Waals surface area contributed by atoms with Gasteiger partial charge in [-0.25, -0.2) is 0 Å². The highest BCUT2D eigenvalue weighted by Gasteiger charge is 2.12. The largest absolute Gasteiger partial charge is 0.315 e. The first-order chi connectivity index (χ1) is 7.48. The lowest BCUT2D eigenvalue weighted by Gasteiger charge is -2.24. The molecule has 0 aliphatic heterocycles. The third kappa shape index (κ3) is 10.4. The SMILES string of the molecule is CNC(C)(C)CNCCCCCCC(C)C. The Kier molecular flexibility index (Phi) is 8.96. The van der Waals surface area contributed by atoms with E-state index in [2.05, 4.69) is 38.3 Å². The normalized spacial score (nSPS) is 12.4. The molecule has 0 rings (SSSR count). The minimum absolute atomic E-state index is 0.220. The summed E-state index contributed by atoms with van der Waals surface area (Å²) >= 11 is 0. The van der Waals surface area contributed by atoms with Gasteiger partial charge in [-0.15, -0.1) is 0 Å². The van der Waals surface area contributed by atoms with Gasteiger partial charge in [-0.3, -0.25) is 0 Å². The Morgan fingerprint density at radius 3 is 2.19 bits per heavy atom. The van der Waals surface area contributed by atoms with Crippen LogP contribution in [-0.4, -0.2) is 25.7 Å². The van der Waals surface area contributed by atoms with Crippen LogP contribution >= 0.6 is 0 Å². The molecular formula is C14H32N2. The van der Waals surface area contributed by atoms with Gasteiger partial charge in [0.15, 0.2) is 0 Å². The van der Waals surface area contributed by atoms with Crippen molar-refractivity contribution in [3.63, 3.8) is 0 Å². The number of rotatable bonds is 10. The summed E-state index contributed by atoms with van der Waals surface area (Å²) in [7, 11) is 2.02. The number of nitrogens with one attached hydrogen (secondary N) is 2. The van der Waals surface area contributed by atoms with Crippen LogP contribution in [0.25, 0.3) is 0 Å². The number of hydrogen-bond donors (Lipinski definition) is 2. The summed E-state index contributed by atoms with van der Waals surface area (Å²) in [6.45, 7) is 11.3. The lowest BCUT2D eigenvalue weighted by molar-refractivity contribution is 0.390. The first-order valence-electron chi connectivity index (χ1n) is 6.87. The van der Waals surface area contributed by atoms with Gasteiger partial charge >= 0.3 is 0 Å². The second-order valence-corrected chi connectivity index (χ2v) is 5.91. The Morgan fingerprint density at radius 1 is 1.00 bits per heavy atom. The summed E-state index contributed by atoms with van der Waals surface area (Å²) < 4.78 is 0. The molecule has 2 N–H and O–H groups in total. The van der Waals surface area contributed by atoms with Crippen LogP contribution in [0.5, 0.6) is 0 Å². The van der Waals surface area contributed by atoms with Crippen molar-refractivity contribution in [3.8, 4) is 0 Å². The summed E-state index contributed by atoms with van der Waals surface area (Å²) in [6.07, 6.45) is 6.88. The maximum Gasteiger partial charge on any atom is 0.0246 e. The molecule has 0 aliphatic carbocycles. The van der Waals surface area contributed by atoms with E-state index in [1.807, 2.05) is 7.05 Å². The molecular weight excluding hydrogens is 196 g/mol. The monoisotopic (exact) mass is 228 g/mol. The van der Waals surface area contributed by atoms with E-state index in [0.29, 0.717) is 0 Å². The van der Waals surface area contributed by atoms with E-state index in [-0.39, 0.29) is 5.54 Å². The van der Waals surface area contributed by atoms with Crippen molar-refractivity contribution in [2.24, 2.45) is 5.92 Å². The van der Waals surface area contributed by atoms with Gasteiger partial charge in [0.25, 0.3) is 0 Å². The Balaban J connectivity index is 3.16. The highest BCUT2D eigenvalue weighted by Crippen LogP contribution is 2.09. The van der Waals surface area contributed by atoms with Crippen molar-refractivity contribution in [3.05, 3.63) is 0 Å². The molecule has 0 unspecified atom stereocenters. The third-order valence-corrected chi connectivity index (χ3v) is 3.13. The second-order valence-electron chi connectivity index (χ2n) is 5.91. The summed E-state index contributed by atoms with van der Waals surface area (Å²) in [5.74, 6) is 0.870. The fourth-order valence-corrected chi connectivity index (χ4v) is 1.65. The third-order valence-electron chi connectivity index (χ3n) is 3.13. The van der Waals surface area contributed by atoms with E-state index in [1.165, 1.54) is 32.1 Å². The summed E-state index contributed by atoms with van der Waals surface area (Å²) in [5.41, 5.74) is 0.220. The van der Waals surface area contributed by atoms with Gasteiger partial charge in [-0.05, 0) is 39.8 Å². The Hall–Kier alpha value is -0.0800. The molecule has 2 nitrogen and oxygen atoms in total. The lowest BCUT2D eigenvalue weighted by atomic mass is 10.0. The predicted molar refractivity (Wildman–Crippen MR) is 73.9 cm³/mol. The lowest BCUT2D eigenvalue weighted by Crippen LogP contribution is -2.45. The number of likely N-dealkylation sites (N-methyl/N-ethyl adjacent to an activating group) is 1. The fourth-order valence-electron chi connectivity index (χ4n) is 1.65. The highest BCUT2D eigenvalue weighted by molar-refractivity contribution is 4.77. The van der Waals surface area contributed by atoms with Crippen molar-refractivity contribution in [1.82, 2.24) is 10.6 Å². The second kappa shape index (κ2) is 9.00. The van der Waals surface area contributed by atoms with Crippen LogP contribution in [0.15, 0.2) is 0 Å². The van der Waals surface area contributed by atoms with Crippen LogP contribution in [0.4, 0.5) is 0 Å². The highest BCUT2D eigenvalue weighted by atomic mass is 15.0. The van der Waals surface area contributed by atoms with Gasteiger partial charge in [0.2, 0.25) is 0 Å². The Bertz CT molecular complexity index is 153. The molecule has 0 fully saturated rings. The van der Waals surface area contributed by atoms with E-state index in [0.717, 1.165) is 19.0 Å². The summed E-state index contributed by atoms with van der Waals surface area (Å²) in [5, 5.41) is 6.82. The van der Waals surface area contributed by atoms with E-state index >= 15 is 0 Å². The minimum atomic E-state index is 0.220. The molecule has 0 atom stereocenters. The van der Waals surface area contributed by atoms with Crippen LogP contribution in [-0.2, 0) is 0 Å². The van der Waals surface area contributed by atoms with Gasteiger partial charge < -0.3 is 10.6 Å². The minimum Gasteiger partial charge on any atom is -0.315 e. The van der Waals surface area contributed by atoms with Gasteiger partial charge in [0, 0.05) is 12.1 Å². The fraction of sp³-hybridized carbons (Fsp3) is 1.00. The van der Waals surface area contributed by atoms with Gasteiger partial charge in [0.1, 0.15) is 0 Å². The molecule has 0 saturated carbocycles. The van der Waals surface area contributed by atoms with E-state index in [1.54, 1.807) is 0 Å². The standard InChI is InChI=1S/C14H32N2/c1-13(2)10-8-6-7-9-11-16-12-14(3,4)15-5/h13,15-16H,6-12H2,1-5H3. The van der Waals surface area contributed by atoms with Gasteiger partial charge in [-0.1, -0.05) is 39.5 Å². The molecule has 0 heterocycles. The zero-order valence-corrected chi connectivity index (χ0v) is 12.0. The van der Waals surface area contributed by atoms with Gasteiger partial charge in [0.05, 0.1) is 0 Å². The quantitative estimate of drug-likeness (QED) is 0.561. The Labute approximate surface area is 103 Å². The maximum absolute atomic E-state index is 3.51. The molecule has 16 heavy (non-hydrogen) atoms. The molecule has 0 saturated heterocycles. The average Bonchev–Trinajstić information content (AvgIpc) is 2.21. The maximum atomic E-state index is 3.51. The molecule has 0 bridgehead atoms. The zero-order valence-electron chi connectivity index (χ0n) is 12.0. The molecule has 0 aromatic heterocycles. The van der Waals surface area contributed by atoms with Crippen LogP contribution in [0.1, 0.15) is 59.8 Å². The summed E-state index contributed by atoms with van der Waals surface area (Å²) in [4.78, 5) is 0. The van der Waals surface area contributed by atoms with Crippen LogP contribution in [0.2, 0.25) is 0 Å². The topological polar surface area (TPSA) is 24.1 Å². The predicted octanol–water partition coefficient (Wildman–Crippen LogP) is 3.18. The first kappa shape index (κ1) is 15.9. The van der Waals surface area contributed by atoms with Crippen molar-refractivity contribution in [2.45, 2.75) is 65.3 Å². The van der Waals surface area contributed by atoms with E-state index < -0.39 is 0 Å². The van der Waals surface area contributed by atoms with Crippen molar-refractivity contribution >= 4 is 0 Å². The van der Waals surface area contributed by atoms with Crippen molar-refractivity contribution < 1.29 is 0 Å². The number of unbranched alkanes of at least 4 members (excludes halogenated alkanes) is 3. The molecule has 2 heteroatoms. The first-order valence-corrected chi connectivity index (χ1v) is 6.87. The molecule has 98 valence electrons. The molecule has 0 aromatic rings. The zero-order chi connectivity index (χ0) is 12.4. The van der Waals surface area contributed by atoms with Crippen molar-refractivity contribution in [2.75, 3.05) is 20.1 Å². The molecule has 0 spiro atoms. The molecule has 0 radical (unpaired) electrons. The summed E-state index contributed by atoms with van der Waals surface area (Å²) in [6, 6.07) is 0. The van der Waals surface area contributed by atoms with E-state index in [4.69, 9.17) is 0 Å². The van der Waals surface area contributed by atoms with Crippen LogP contribution in [0.3, 0.4) is 0 Å². The molecule has 0 aliphatic rings. The Morgan fingerprint density at radius 2 is 1.62 bits per heavy atom.